The Balaban J connectivity index is 1.53. The Morgan fingerprint density at radius 3 is 2.24 bits per heavy atom. The first-order chi connectivity index (χ1) is 29.4. The van der Waals surface area contributed by atoms with Crippen LogP contribution in [0.3, 0.4) is 0 Å². The number of methoxy groups -OCH3 is 1. The molecule has 18 atom stereocenters. The van der Waals surface area contributed by atoms with Crippen LogP contribution in [-0.2, 0) is 47.4 Å². The van der Waals surface area contributed by atoms with Crippen LogP contribution in [0.1, 0.15) is 127 Å². The highest BCUT2D eigenvalue weighted by molar-refractivity contribution is 5.73. The summed E-state index contributed by atoms with van der Waals surface area (Å²) in [6.07, 6.45) is -3.86. The van der Waals surface area contributed by atoms with Gasteiger partial charge in [-0.1, -0.05) is 40.0 Å². The van der Waals surface area contributed by atoms with E-state index < -0.39 is 102 Å². The second kappa shape index (κ2) is 21.1. The number of aliphatic hydroxyl groups excluding tert-OH is 1. The van der Waals surface area contributed by atoms with E-state index in [9.17, 15) is 24.6 Å². The number of nitrogens with one attached hydrogen (secondary N) is 1. The number of carbonyl (C=O) groups is 3. The van der Waals surface area contributed by atoms with E-state index in [1.165, 1.54) is 0 Å². The van der Waals surface area contributed by atoms with Crippen LogP contribution in [0.15, 0.2) is 0 Å². The van der Waals surface area contributed by atoms with Gasteiger partial charge < -0.3 is 63.1 Å². The van der Waals surface area contributed by atoms with E-state index >= 15 is 0 Å². The monoisotopic (exact) mass is 900 g/mol. The van der Waals surface area contributed by atoms with Gasteiger partial charge in [-0.05, 0) is 108 Å². The number of nitrogens with zero attached hydrogens (tertiary/aromatic N) is 2. The lowest BCUT2D eigenvalue weighted by molar-refractivity contribution is -0.317. The van der Waals surface area contributed by atoms with Crippen LogP contribution in [0.25, 0.3) is 0 Å². The molecule has 0 radical (unpaired) electrons. The number of esters is 1. The first-order valence-electron chi connectivity index (χ1n) is 23.5. The quantitative estimate of drug-likeness (QED) is 0.203. The van der Waals surface area contributed by atoms with Crippen molar-refractivity contribution in [1.29, 1.82) is 0 Å². The van der Waals surface area contributed by atoms with Crippen LogP contribution < -0.4 is 5.32 Å². The summed E-state index contributed by atoms with van der Waals surface area (Å²) in [4.78, 5) is 44.8. The van der Waals surface area contributed by atoms with Crippen molar-refractivity contribution in [3.63, 3.8) is 0 Å². The predicted molar refractivity (Wildman–Crippen MR) is 232 cm³/mol. The highest BCUT2D eigenvalue weighted by Crippen LogP contribution is 2.42. The van der Waals surface area contributed by atoms with E-state index in [1.807, 2.05) is 67.6 Å². The minimum absolute atomic E-state index is 0.0450. The molecule has 3 N–H and O–H groups in total. The van der Waals surface area contributed by atoms with Crippen LogP contribution in [0, 0.1) is 17.8 Å². The molecule has 0 aromatic heterocycles. The molecule has 1 amide bonds. The molecule has 1 saturated carbocycles. The largest absolute Gasteiger partial charge is 0.509 e. The Kier molecular flexibility index (Phi) is 17.3. The van der Waals surface area contributed by atoms with Gasteiger partial charge in [0.2, 0.25) is 0 Å². The molecule has 5 fully saturated rings. The van der Waals surface area contributed by atoms with Gasteiger partial charge >= 0.3 is 18.2 Å². The van der Waals surface area contributed by atoms with Gasteiger partial charge in [0.1, 0.15) is 17.8 Å². The zero-order valence-corrected chi connectivity index (χ0v) is 40.5. The fourth-order valence-electron chi connectivity index (χ4n) is 11.1. The van der Waals surface area contributed by atoms with Crippen LogP contribution in [0.4, 0.5) is 9.59 Å². The minimum Gasteiger partial charge on any atom is -0.458 e. The molecule has 17 heteroatoms. The number of fused-ring (bicyclic) bond motifs is 1. The molecule has 5 aliphatic rings. The maximum Gasteiger partial charge on any atom is 0.509 e. The number of amides is 1. The van der Waals surface area contributed by atoms with Gasteiger partial charge in [-0.3, -0.25) is 9.69 Å². The Labute approximate surface area is 375 Å². The molecule has 364 valence electrons. The first kappa shape index (κ1) is 51.6. The number of aliphatic hydroxyl groups is 2. The predicted octanol–water partition coefficient (Wildman–Crippen LogP) is 5.15. The second-order valence-electron chi connectivity index (χ2n) is 20.4. The van der Waals surface area contributed by atoms with E-state index in [0.717, 1.165) is 32.1 Å². The van der Waals surface area contributed by atoms with Crippen LogP contribution in [0.5, 0.6) is 0 Å². The molecular weight excluding hydrogens is 819 g/mol. The third-order valence-electron chi connectivity index (χ3n) is 14.8. The lowest BCUT2D eigenvalue weighted by atomic mass is 9.77. The number of carbonyl (C=O) groups excluding carboxylic acids is 3. The second-order valence-corrected chi connectivity index (χ2v) is 20.4. The molecule has 63 heavy (non-hydrogen) atoms. The number of cyclic esters (lactones) is 1. The molecule has 4 aliphatic heterocycles. The van der Waals surface area contributed by atoms with Crippen molar-refractivity contribution in [2.24, 2.45) is 17.8 Å². The zero-order chi connectivity index (χ0) is 46.8. The van der Waals surface area contributed by atoms with Gasteiger partial charge in [-0.15, -0.1) is 0 Å². The summed E-state index contributed by atoms with van der Waals surface area (Å²) in [5, 5.41) is 27.5. The van der Waals surface area contributed by atoms with Crippen molar-refractivity contribution in [2.45, 2.75) is 223 Å². The molecular formula is C46H81N3O14. The fraction of sp³-hybridized carbons (Fsp3) is 0.935. The average molecular weight is 900 g/mol. The SMILES string of the molecule is CC[C@H]1OC(=O)[C@H](C)[C@@H](O[C@H]2C[C@@](C)(OC)[C@@H](OC(=O)NC3CCCCC3)[C@H](C)O2)[C@H](C)[C@@H](O[C@@H]2O[C@H](C)C[C@H](N(C)C)[C@H]2O)[C@](C)(O)C[C@@H](C)CN(C)[C@H](C)[C@H]2OC(=O)O[C@@]21C. The third-order valence-corrected chi connectivity index (χ3v) is 14.8. The van der Waals surface area contributed by atoms with E-state index in [0.29, 0.717) is 19.4 Å². The Hall–Kier alpha value is -2.35. The number of likely N-dealkylation sites (N-methyl/N-ethyl adjacent to an activating group) is 2. The average Bonchev–Trinajstić information content (AvgIpc) is 3.52. The summed E-state index contributed by atoms with van der Waals surface area (Å²) in [6, 6.07) is -0.611. The smallest absolute Gasteiger partial charge is 0.458 e. The first-order valence-corrected chi connectivity index (χ1v) is 23.5. The van der Waals surface area contributed by atoms with Crippen LogP contribution in [0.2, 0.25) is 0 Å². The maximum atomic E-state index is 14.7. The Morgan fingerprint density at radius 1 is 0.952 bits per heavy atom. The van der Waals surface area contributed by atoms with Gasteiger partial charge in [-0.25, -0.2) is 9.59 Å². The summed E-state index contributed by atoms with van der Waals surface area (Å²) in [5.41, 5.74) is -3.98. The van der Waals surface area contributed by atoms with Gasteiger partial charge in [-0.2, -0.15) is 0 Å². The van der Waals surface area contributed by atoms with Crippen molar-refractivity contribution >= 4 is 18.2 Å². The van der Waals surface area contributed by atoms with Crippen molar-refractivity contribution in [2.75, 3.05) is 34.8 Å². The highest BCUT2D eigenvalue weighted by atomic mass is 16.8. The summed E-state index contributed by atoms with van der Waals surface area (Å²) in [6.45, 7) is 18.8. The van der Waals surface area contributed by atoms with Gasteiger partial charge in [0, 0.05) is 44.1 Å². The standard InChI is InChI=1S/C46H81N3O14/c1-15-33-46(10)38(62-43(53)63-46)29(6)49(13)24-25(2)22-44(8,54)37(60-41-35(50)32(48(11)12)21-26(3)56-41)27(4)36(28(5)40(51)58-33)59-34-23-45(9,55-14)39(30(7)57-34)61-42(52)47-31-19-17-16-18-20-31/h25-39,41,50,54H,15-24H2,1-14H3,(H,47,52)/t25-,26-,27+,28-,29-,30+,32+,33-,34+,35-,36+,37-,38-,39+,41+,44-,45-,46-/m1/s1. The van der Waals surface area contributed by atoms with Gasteiger partial charge in [0.15, 0.2) is 30.4 Å². The number of alkyl carbamates (subject to hydrolysis) is 1. The summed E-state index contributed by atoms with van der Waals surface area (Å²) in [5.74, 6) is -2.58. The summed E-state index contributed by atoms with van der Waals surface area (Å²) >= 11 is 0. The van der Waals surface area contributed by atoms with Crippen molar-refractivity contribution < 1.29 is 67.2 Å². The molecule has 17 nitrogen and oxygen atoms in total. The van der Waals surface area contributed by atoms with Crippen LogP contribution >= 0.6 is 0 Å². The van der Waals surface area contributed by atoms with E-state index in [4.69, 9.17) is 42.6 Å². The van der Waals surface area contributed by atoms with Gasteiger partial charge in [0.05, 0.1) is 35.9 Å². The lowest BCUT2D eigenvalue weighted by Gasteiger charge is -2.49. The minimum atomic E-state index is -1.58. The van der Waals surface area contributed by atoms with E-state index in [2.05, 4.69) is 10.2 Å². The van der Waals surface area contributed by atoms with Crippen molar-refractivity contribution in [3.8, 4) is 0 Å². The zero-order valence-electron chi connectivity index (χ0n) is 40.5. The summed E-state index contributed by atoms with van der Waals surface area (Å²) in [7, 11) is 7.25. The van der Waals surface area contributed by atoms with Crippen molar-refractivity contribution in [3.05, 3.63) is 0 Å². The third kappa shape index (κ3) is 11.8. The van der Waals surface area contributed by atoms with E-state index in [-0.39, 0.29) is 43.0 Å². The molecule has 0 bridgehead atoms. The number of rotatable bonds is 9. The Morgan fingerprint density at radius 2 is 1.62 bits per heavy atom. The van der Waals surface area contributed by atoms with Crippen LogP contribution in [-0.4, -0.2) is 169 Å². The molecule has 4 saturated heterocycles. The number of ether oxygens (including phenoxy) is 9. The van der Waals surface area contributed by atoms with E-state index in [1.54, 1.807) is 34.8 Å². The molecule has 0 aromatic rings. The maximum absolute atomic E-state index is 14.7. The molecule has 5 rings (SSSR count). The Bertz CT molecular complexity index is 1530. The molecule has 0 aromatic carbocycles. The topological polar surface area (TPSA) is 193 Å². The van der Waals surface area contributed by atoms with Gasteiger partial charge in [0.25, 0.3) is 0 Å². The number of hydrogen-bond donors (Lipinski definition) is 3. The fourth-order valence-corrected chi connectivity index (χ4v) is 11.1. The molecule has 0 unspecified atom stereocenters. The molecule has 1 aliphatic carbocycles. The summed E-state index contributed by atoms with van der Waals surface area (Å²) < 4.78 is 56.7. The lowest BCUT2D eigenvalue weighted by Crippen LogP contribution is -2.61. The number of hydrogen-bond acceptors (Lipinski definition) is 16. The molecule has 0 spiro atoms. The van der Waals surface area contributed by atoms with Crippen molar-refractivity contribution in [1.82, 2.24) is 15.1 Å². The molecule has 4 heterocycles. The normalized spacial score (nSPS) is 45.3. The highest BCUT2D eigenvalue weighted by Gasteiger charge is 2.58.